The molecule has 2 aromatic heterocycles. The van der Waals surface area contributed by atoms with Crippen LogP contribution in [0.4, 0.5) is 0 Å². The summed E-state index contributed by atoms with van der Waals surface area (Å²) < 4.78 is 14.8. The molecule has 2 heterocycles. The Bertz CT molecular complexity index is 521. The Balaban J connectivity index is 2.19. The largest absolute Gasteiger partial charge is 0.461 e. The van der Waals surface area contributed by atoms with Gasteiger partial charge in [-0.3, -0.25) is 4.79 Å². The van der Waals surface area contributed by atoms with Gasteiger partial charge in [0.2, 0.25) is 5.76 Å². The third-order valence-electron chi connectivity index (χ3n) is 2.05. The Morgan fingerprint density at radius 1 is 1.18 bits per heavy atom. The fraction of sp³-hybridized carbons (Fsp3) is 0.167. The molecule has 5 heteroatoms. The van der Waals surface area contributed by atoms with E-state index < -0.39 is 11.8 Å². The van der Waals surface area contributed by atoms with E-state index in [-0.39, 0.29) is 23.9 Å². The van der Waals surface area contributed by atoms with E-state index in [9.17, 15) is 9.59 Å². The molecule has 0 aliphatic rings. The highest BCUT2D eigenvalue weighted by atomic mass is 16.5. The average molecular weight is 234 g/mol. The molecule has 0 aliphatic heterocycles. The summed E-state index contributed by atoms with van der Waals surface area (Å²) in [6, 6.07) is 5.93. The molecule has 0 bridgehead atoms. The molecule has 5 nitrogen and oxygen atoms in total. The van der Waals surface area contributed by atoms with Crippen LogP contribution in [0.15, 0.2) is 39.4 Å². The topological polar surface area (TPSA) is 69.7 Å². The standard InChI is InChI=1S/C12H10O5/c1-2-15-12(14)10-6-5-9(17-10)11(13)8-4-3-7-16-8/h3-7H,2H2,1H3. The highest BCUT2D eigenvalue weighted by Crippen LogP contribution is 2.14. The van der Waals surface area contributed by atoms with Gasteiger partial charge in [0.25, 0.3) is 5.78 Å². The predicted octanol–water partition coefficient (Wildman–Crippen LogP) is 2.28. The summed E-state index contributed by atoms with van der Waals surface area (Å²) in [7, 11) is 0. The molecule has 88 valence electrons. The highest BCUT2D eigenvalue weighted by Gasteiger charge is 2.19. The number of hydrogen-bond acceptors (Lipinski definition) is 5. The smallest absolute Gasteiger partial charge is 0.374 e. The lowest BCUT2D eigenvalue weighted by Crippen LogP contribution is -2.03. The Hall–Kier alpha value is -2.30. The molecular formula is C12H10O5. The minimum Gasteiger partial charge on any atom is -0.461 e. The molecule has 0 aromatic carbocycles. The van der Waals surface area contributed by atoms with Crippen LogP contribution in [0.1, 0.15) is 33.8 Å². The van der Waals surface area contributed by atoms with Crippen molar-refractivity contribution in [3.8, 4) is 0 Å². The Kier molecular flexibility index (Phi) is 3.09. The van der Waals surface area contributed by atoms with Crippen molar-refractivity contribution in [2.24, 2.45) is 0 Å². The van der Waals surface area contributed by atoms with Crippen molar-refractivity contribution in [3.63, 3.8) is 0 Å². The van der Waals surface area contributed by atoms with E-state index in [1.165, 1.54) is 24.5 Å². The first kappa shape index (κ1) is 11.2. The summed E-state index contributed by atoms with van der Waals surface area (Å²) in [5.41, 5.74) is 0. The summed E-state index contributed by atoms with van der Waals surface area (Å²) in [5.74, 6) is -0.795. The summed E-state index contributed by atoms with van der Waals surface area (Å²) >= 11 is 0. The van der Waals surface area contributed by atoms with Crippen LogP contribution in [0.3, 0.4) is 0 Å². The minimum atomic E-state index is -0.592. The molecule has 0 atom stereocenters. The molecule has 2 rings (SSSR count). The zero-order chi connectivity index (χ0) is 12.3. The first-order chi connectivity index (χ1) is 8.22. The fourth-order valence-electron chi connectivity index (χ4n) is 1.30. The van der Waals surface area contributed by atoms with Crippen LogP contribution in [0, 0.1) is 0 Å². The van der Waals surface area contributed by atoms with Crippen molar-refractivity contribution < 1.29 is 23.2 Å². The number of ether oxygens (including phenoxy) is 1. The van der Waals surface area contributed by atoms with E-state index in [1.54, 1.807) is 13.0 Å². The maximum atomic E-state index is 11.8. The first-order valence-corrected chi connectivity index (χ1v) is 5.07. The molecule has 0 saturated carbocycles. The molecule has 0 saturated heterocycles. The van der Waals surface area contributed by atoms with Gasteiger partial charge in [0, 0.05) is 0 Å². The predicted molar refractivity (Wildman–Crippen MR) is 56.8 cm³/mol. The second-order valence-electron chi connectivity index (χ2n) is 3.19. The van der Waals surface area contributed by atoms with Gasteiger partial charge in [-0.15, -0.1) is 0 Å². The molecule has 0 radical (unpaired) electrons. The van der Waals surface area contributed by atoms with E-state index >= 15 is 0 Å². The van der Waals surface area contributed by atoms with Gasteiger partial charge >= 0.3 is 5.97 Å². The van der Waals surface area contributed by atoms with Gasteiger partial charge in [-0.25, -0.2) is 4.79 Å². The van der Waals surface area contributed by atoms with Gasteiger partial charge in [-0.05, 0) is 31.2 Å². The normalized spacial score (nSPS) is 10.2. The van der Waals surface area contributed by atoms with Crippen molar-refractivity contribution in [3.05, 3.63) is 47.8 Å². The second kappa shape index (κ2) is 4.69. The zero-order valence-electron chi connectivity index (χ0n) is 9.14. The Morgan fingerprint density at radius 2 is 1.94 bits per heavy atom. The highest BCUT2D eigenvalue weighted by molar-refractivity contribution is 6.05. The van der Waals surface area contributed by atoms with E-state index in [4.69, 9.17) is 13.6 Å². The molecule has 0 N–H and O–H groups in total. The molecule has 0 spiro atoms. The number of carbonyl (C=O) groups is 2. The van der Waals surface area contributed by atoms with Crippen molar-refractivity contribution >= 4 is 11.8 Å². The van der Waals surface area contributed by atoms with Gasteiger partial charge in [0.1, 0.15) is 0 Å². The van der Waals surface area contributed by atoms with Crippen LogP contribution < -0.4 is 0 Å². The van der Waals surface area contributed by atoms with Crippen molar-refractivity contribution in [2.75, 3.05) is 6.61 Å². The Morgan fingerprint density at radius 3 is 2.59 bits per heavy atom. The third kappa shape index (κ3) is 2.28. The third-order valence-corrected chi connectivity index (χ3v) is 2.05. The van der Waals surface area contributed by atoms with Crippen LogP contribution in [0.2, 0.25) is 0 Å². The van der Waals surface area contributed by atoms with Gasteiger partial charge in [0.05, 0.1) is 12.9 Å². The van der Waals surface area contributed by atoms with Crippen LogP contribution in [0.25, 0.3) is 0 Å². The Labute approximate surface area is 97.0 Å². The second-order valence-corrected chi connectivity index (χ2v) is 3.19. The lowest BCUT2D eigenvalue weighted by atomic mass is 10.2. The molecular weight excluding hydrogens is 224 g/mol. The molecule has 0 aliphatic carbocycles. The first-order valence-electron chi connectivity index (χ1n) is 5.07. The van der Waals surface area contributed by atoms with Crippen molar-refractivity contribution in [1.82, 2.24) is 0 Å². The average Bonchev–Trinajstić information content (AvgIpc) is 3.00. The van der Waals surface area contributed by atoms with Gasteiger partial charge in [0.15, 0.2) is 11.5 Å². The lowest BCUT2D eigenvalue weighted by Gasteiger charge is -1.96. The van der Waals surface area contributed by atoms with Gasteiger partial charge in [-0.2, -0.15) is 0 Å². The number of ketones is 1. The van der Waals surface area contributed by atoms with Crippen LogP contribution in [-0.2, 0) is 4.74 Å². The number of esters is 1. The van der Waals surface area contributed by atoms with Crippen LogP contribution in [0.5, 0.6) is 0 Å². The maximum Gasteiger partial charge on any atom is 0.374 e. The number of rotatable bonds is 4. The van der Waals surface area contributed by atoms with Gasteiger partial charge < -0.3 is 13.6 Å². The van der Waals surface area contributed by atoms with Crippen LogP contribution in [-0.4, -0.2) is 18.4 Å². The molecule has 0 amide bonds. The maximum absolute atomic E-state index is 11.8. The minimum absolute atomic E-state index is 0.00163. The monoisotopic (exact) mass is 234 g/mol. The molecule has 0 unspecified atom stereocenters. The molecule has 2 aromatic rings. The summed E-state index contributed by atoms with van der Waals surface area (Å²) in [5, 5.41) is 0. The van der Waals surface area contributed by atoms with E-state index in [1.807, 2.05) is 0 Å². The van der Waals surface area contributed by atoms with Crippen LogP contribution >= 0.6 is 0 Å². The summed E-state index contributed by atoms with van der Waals surface area (Å²) in [6.45, 7) is 1.94. The van der Waals surface area contributed by atoms with Gasteiger partial charge in [-0.1, -0.05) is 0 Å². The lowest BCUT2D eigenvalue weighted by molar-refractivity contribution is 0.0488. The SMILES string of the molecule is CCOC(=O)c1ccc(C(=O)c2ccco2)o1. The quantitative estimate of drug-likeness (QED) is 0.599. The number of hydrogen-bond donors (Lipinski definition) is 0. The van der Waals surface area contributed by atoms with E-state index in [0.29, 0.717) is 0 Å². The molecule has 17 heavy (non-hydrogen) atoms. The van der Waals surface area contributed by atoms with E-state index in [2.05, 4.69) is 0 Å². The van der Waals surface area contributed by atoms with E-state index in [0.717, 1.165) is 0 Å². The number of carbonyl (C=O) groups excluding carboxylic acids is 2. The zero-order valence-corrected chi connectivity index (χ0v) is 9.14. The summed E-state index contributed by atoms with van der Waals surface area (Å²) in [4.78, 5) is 23.1. The fourth-order valence-corrected chi connectivity index (χ4v) is 1.30. The van der Waals surface area contributed by atoms with Crippen molar-refractivity contribution in [1.29, 1.82) is 0 Å². The van der Waals surface area contributed by atoms with Crippen molar-refractivity contribution in [2.45, 2.75) is 6.92 Å². The summed E-state index contributed by atoms with van der Waals surface area (Å²) in [6.07, 6.45) is 1.39. The number of furan rings is 2. The molecule has 0 fully saturated rings.